The maximum absolute atomic E-state index is 13.8. The van der Waals surface area contributed by atoms with E-state index in [0.717, 1.165) is 57.8 Å². The lowest BCUT2D eigenvalue weighted by molar-refractivity contribution is -0.181. The van der Waals surface area contributed by atoms with E-state index in [2.05, 4.69) is 20.8 Å². The molecule has 4 aliphatic carbocycles. The van der Waals surface area contributed by atoms with Crippen molar-refractivity contribution in [1.82, 2.24) is 0 Å². The number of esters is 2. The highest BCUT2D eigenvalue weighted by Crippen LogP contribution is 2.70. The number of aliphatic hydroxyl groups is 1. The molecule has 47 heavy (non-hydrogen) atoms. The summed E-state index contributed by atoms with van der Waals surface area (Å²) in [5, 5.41) is 10.4. The van der Waals surface area contributed by atoms with Crippen LogP contribution in [-0.2, 0) is 14.2 Å². The molecule has 6 nitrogen and oxygen atoms in total. The molecule has 0 spiro atoms. The van der Waals surface area contributed by atoms with Gasteiger partial charge in [0.25, 0.3) is 0 Å². The molecule has 2 aromatic carbocycles. The average Bonchev–Trinajstić information content (AvgIpc) is 3.53. The molecule has 0 radical (unpaired) electrons. The lowest BCUT2D eigenvalue weighted by Crippen LogP contribution is -2.60. The average molecular weight is 643 g/mol. The Morgan fingerprint density at radius 3 is 2.15 bits per heavy atom. The van der Waals surface area contributed by atoms with Crippen LogP contribution in [0.15, 0.2) is 60.7 Å². The monoisotopic (exact) mass is 642 g/mol. The van der Waals surface area contributed by atoms with E-state index in [1.807, 2.05) is 74.5 Å². The summed E-state index contributed by atoms with van der Waals surface area (Å²) in [5.74, 6) is 2.01. The summed E-state index contributed by atoms with van der Waals surface area (Å²) in [4.78, 5) is 26.7. The second-order valence-corrected chi connectivity index (χ2v) is 16.9. The zero-order valence-corrected chi connectivity index (χ0v) is 28.9. The van der Waals surface area contributed by atoms with Crippen LogP contribution in [0.25, 0.3) is 0 Å². The Morgan fingerprint density at radius 1 is 0.872 bits per heavy atom. The van der Waals surface area contributed by atoms with E-state index in [-0.39, 0.29) is 53.1 Å². The molecule has 0 unspecified atom stereocenters. The SMILES string of the molecule is C[C@H]1[C@H]2[C@H](C[C@H]3[C@@H]4CC[C@H]5C[C@H](OC(=O)c6ccccc6)CC[C@]5(C)[C@H]4[C@@H](OC(=O)c4ccccc4)C[C@]23C)O[C@@H]1CCC(C)(C)O. The van der Waals surface area contributed by atoms with Gasteiger partial charge in [0.15, 0.2) is 0 Å². The number of hydrogen-bond donors (Lipinski definition) is 1. The second-order valence-electron chi connectivity index (χ2n) is 16.9. The Kier molecular flexibility index (Phi) is 8.61. The molecular weight excluding hydrogens is 588 g/mol. The van der Waals surface area contributed by atoms with Gasteiger partial charge in [-0.05, 0) is 136 Å². The topological polar surface area (TPSA) is 82.1 Å². The van der Waals surface area contributed by atoms with Crippen molar-refractivity contribution in [2.24, 2.45) is 46.3 Å². The lowest BCUT2D eigenvalue weighted by Gasteiger charge is -2.63. The Hall–Kier alpha value is -2.70. The van der Waals surface area contributed by atoms with Crippen molar-refractivity contribution < 1.29 is 28.9 Å². The molecular formula is C41H54O6. The van der Waals surface area contributed by atoms with Crippen molar-refractivity contribution in [1.29, 1.82) is 0 Å². The van der Waals surface area contributed by atoms with E-state index in [4.69, 9.17) is 14.2 Å². The predicted octanol–water partition coefficient (Wildman–Crippen LogP) is 8.27. The van der Waals surface area contributed by atoms with Crippen LogP contribution in [0.4, 0.5) is 0 Å². The summed E-state index contributed by atoms with van der Waals surface area (Å²) in [6.45, 7) is 11.1. The summed E-state index contributed by atoms with van der Waals surface area (Å²) in [6, 6.07) is 18.8. The fraction of sp³-hybridized carbons (Fsp3) is 0.659. The van der Waals surface area contributed by atoms with Gasteiger partial charge in [-0.15, -0.1) is 0 Å². The van der Waals surface area contributed by atoms with Gasteiger partial charge in [-0.2, -0.15) is 0 Å². The zero-order valence-electron chi connectivity index (χ0n) is 28.9. The first kappa shape index (κ1) is 32.8. The van der Waals surface area contributed by atoms with Gasteiger partial charge in [0.2, 0.25) is 0 Å². The van der Waals surface area contributed by atoms with Gasteiger partial charge in [-0.25, -0.2) is 9.59 Å². The van der Waals surface area contributed by atoms with Crippen molar-refractivity contribution >= 4 is 11.9 Å². The molecule has 1 heterocycles. The van der Waals surface area contributed by atoms with Crippen molar-refractivity contribution in [2.45, 2.75) is 122 Å². The summed E-state index contributed by atoms with van der Waals surface area (Å²) in [6.07, 6.45) is 8.53. The van der Waals surface area contributed by atoms with Crippen molar-refractivity contribution in [3.05, 3.63) is 71.8 Å². The van der Waals surface area contributed by atoms with E-state index in [1.165, 1.54) is 0 Å². The lowest BCUT2D eigenvalue weighted by atomic mass is 9.43. The molecule has 5 aliphatic rings. The maximum atomic E-state index is 13.8. The number of ether oxygens (including phenoxy) is 3. The van der Waals surface area contributed by atoms with Gasteiger partial charge >= 0.3 is 11.9 Å². The molecule has 254 valence electrons. The van der Waals surface area contributed by atoms with Crippen LogP contribution in [0.5, 0.6) is 0 Å². The van der Waals surface area contributed by atoms with Crippen LogP contribution in [0.3, 0.4) is 0 Å². The van der Waals surface area contributed by atoms with Crippen molar-refractivity contribution in [3.63, 3.8) is 0 Å². The summed E-state index contributed by atoms with van der Waals surface area (Å²) < 4.78 is 19.7. The van der Waals surface area contributed by atoms with Gasteiger partial charge in [0.05, 0.1) is 28.9 Å². The van der Waals surface area contributed by atoms with E-state index in [1.54, 1.807) is 0 Å². The first-order valence-electron chi connectivity index (χ1n) is 18.3. The predicted molar refractivity (Wildman–Crippen MR) is 181 cm³/mol. The summed E-state index contributed by atoms with van der Waals surface area (Å²) >= 11 is 0. The van der Waals surface area contributed by atoms with Gasteiger partial charge in [0, 0.05) is 5.92 Å². The Labute approximate surface area is 281 Å². The number of carbonyl (C=O) groups excluding carboxylic acids is 2. The molecule has 1 saturated heterocycles. The fourth-order valence-electron chi connectivity index (χ4n) is 11.6. The fourth-order valence-corrected chi connectivity index (χ4v) is 11.6. The number of fused-ring (bicyclic) bond motifs is 7. The number of carbonyl (C=O) groups is 2. The van der Waals surface area contributed by atoms with Gasteiger partial charge in [-0.1, -0.05) is 57.2 Å². The standard InChI is InChI=1S/C41H54O6/c1-25-32(19-20-39(2,3)44)46-33-23-31-30-17-16-28-22-29(45-37(42)26-12-8-6-9-13-26)18-21-40(28,4)36(30)34(24-41(31,5)35(25)33)47-38(43)27-14-10-7-11-15-27/h6-15,25,28-36,44H,16-24H2,1-5H3/t25-,28+,29-,30+,31+,32-,33+,34+,35+,36-,40+,41+/m1/s1. The van der Waals surface area contributed by atoms with E-state index in [0.29, 0.717) is 40.7 Å². The summed E-state index contributed by atoms with van der Waals surface area (Å²) in [5.41, 5.74) is 0.534. The zero-order chi connectivity index (χ0) is 33.1. The minimum absolute atomic E-state index is 0.000945. The largest absolute Gasteiger partial charge is 0.459 e. The molecule has 0 aromatic heterocycles. The Bertz CT molecular complexity index is 1430. The smallest absolute Gasteiger partial charge is 0.338 e. The molecule has 0 bridgehead atoms. The molecule has 0 amide bonds. The van der Waals surface area contributed by atoms with E-state index < -0.39 is 5.60 Å². The van der Waals surface area contributed by atoms with E-state index >= 15 is 0 Å². The first-order chi connectivity index (χ1) is 22.4. The minimum Gasteiger partial charge on any atom is -0.459 e. The third-order valence-electron chi connectivity index (χ3n) is 13.7. The van der Waals surface area contributed by atoms with E-state index in [9.17, 15) is 14.7 Å². The molecule has 7 rings (SSSR count). The molecule has 12 atom stereocenters. The number of benzene rings is 2. The highest BCUT2D eigenvalue weighted by atomic mass is 16.5. The molecule has 2 aromatic rings. The number of hydrogen-bond acceptors (Lipinski definition) is 6. The number of rotatable bonds is 7. The molecule has 1 N–H and O–H groups in total. The van der Waals surface area contributed by atoms with Crippen LogP contribution in [0.1, 0.15) is 113 Å². The maximum Gasteiger partial charge on any atom is 0.338 e. The van der Waals surface area contributed by atoms with Crippen molar-refractivity contribution in [2.75, 3.05) is 0 Å². The van der Waals surface area contributed by atoms with Crippen LogP contribution in [0.2, 0.25) is 0 Å². The Balaban J connectivity index is 1.15. The highest BCUT2D eigenvalue weighted by molar-refractivity contribution is 5.90. The molecule has 5 fully saturated rings. The van der Waals surface area contributed by atoms with Crippen LogP contribution < -0.4 is 0 Å². The quantitative estimate of drug-likeness (QED) is 0.306. The normalized spacial score (nSPS) is 40.8. The third kappa shape index (κ3) is 5.96. The molecule has 4 saturated carbocycles. The minimum atomic E-state index is -0.699. The second kappa shape index (κ2) is 12.3. The van der Waals surface area contributed by atoms with Gasteiger partial charge in [-0.3, -0.25) is 0 Å². The van der Waals surface area contributed by atoms with Crippen LogP contribution >= 0.6 is 0 Å². The highest BCUT2D eigenvalue weighted by Gasteiger charge is 2.68. The molecule has 6 heteroatoms. The first-order valence-corrected chi connectivity index (χ1v) is 18.3. The van der Waals surface area contributed by atoms with Crippen LogP contribution in [-0.4, -0.2) is 47.1 Å². The summed E-state index contributed by atoms with van der Waals surface area (Å²) in [7, 11) is 0. The molecule has 1 aliphatic heterocycles. The van der Waals surface area contributed by atoms with Gasteiger partial charge in [0.1, 0.15) is 12.2 Å². The third-order valence-corrected chi connectivity index (χ3v) is 13.7. The Morgan fingerprint density at radius 2 is 1.51 bits per heavy atom. The van der Waals surface area contributed by atoms with Crippen molar-refractivity contribution in [3.8, 4) is 0 Å². The van der Waals surface area contributed by atoms with Crippen LogP contribution in [0, 0.1) is 46.3 Å². The van der Waals surface area contributed by atoms with Gasteiger partial charge < -0.3 is 19.3 Å².